The fourth-order valence-corrected chi connectivity index (χ4v) is 3.38. The summed E-state index contributed by atoms with van der Waals surface area (Å²) in [5.74, 6) is 0.669. The van der Waals surface area contributed by atoms with Gasteiger partial charge < -0.3 is 10.6 Å². The molecule has 2 nitrogen and oxygen atoms in total. The molecule has 1 heterocycles. The van der Waals surface area contributed by atoms with Crippen LogP contribution in [0.25, 0.3) is 0 Å². The number of nitrogens with zero attached hydrogens (tertiary/aromatic N) is 1. The van der Waals surface area contributed by atoms with E-state index in [4.69, 9.17) is 5.73 Å². The Labute approximate surface area is 114 Å². The second kappa shape index (κ2) is 7.49. The number of hydrogen-bond acceptors (Lipinski definition) is 2. The molecule has 18 heavy (non-hydrogen) atoms. The maximum Gasteiger partial charge on any atom is 0.00952 e. The lowest BCUT2D eigenvalue weighted by Gasteiger charge is -2.39. The first-order chi connectivity index (χ1) is 8.46. The van der Waals surface area contributed by atoms with Gasteiger partial charge in [0.15, 0.2) is 0 Å². The minimum atomic E-state index is 0.403. The largest absolute Gasteiger partial charge is 0.330 e. The molecule has 108 valence electrons. The lowest BCUT2D eigenvalue weighted by molar-refractivity contribution is 0.106. The minimum absolute atomic E-state index is 0.403. The third-order valence-electron chi connectivity index (χ3n) is 4.10. The third-order valence-corrected chi connectivity index (χ3v) is 4.10. The maximum absolute atomic E-state index is 5.99. The highest BCUT2D eigenvalue weighted by Crippen LogP contribution is 2.27. The number of rotatable bonds is 6. The van der Waals surface area contributed by atoms with Crippen LogP contribution in [0.5, 0.6) is 0 Å². The Kier molecular flexibility index (Phi) is 6.65. The monoisotopic (exact) mass is 254 g/mol. The normalized spacial score (nSPS) is 24.2. The Morgan fingerprint density at radius 3 is 2.56 bits per heavy atom. The predicted molar refractivity (Wildman–Crippen MR) is 80.7 cm³/mol. The highest BCUT2D eigenvalue weighted by Gasteiger charge is 2.25. The molecule has 0 saturated carbocycles. The molecule has 1 aliphatic heterocycles. The zero-order valence-electron chi connectivity index (χ0n) is 13.0. The molecule has 0 aromatic rings. The van der Waals surface area contributed by atoms with E-state index in [1.165, 1.54) is 51.6 Å². The van der Waals surface area contributed by atoms with Gasteiger partial charge in [-0.05, 0) is 50.1 Å². The quantitative estimate of drug-likeness (QED) is 0.784. The van der Waals surface area contributed by atoms with Gasteiger partial charge in [0.05, 0.1) is 0 Å². The highest BCUT2D eigenvalue weighted by molar-refractivity contribution is 4.80. The molecule has 2 atom stereocenters. The summed E-state index contributed by atoms with van der Waals surface area (Å²) in [4.78, 5) is 2.73. The van der Waals surface area contributed by atoms with Crippen molar-refractivity contribution in [2.24, 2.45) is 17.1 Å². The molecule has 0 radical (unpaired) electrons. The van der Waals surface area contributed by atoms with E-state index in [1.807, 2.05) is 0 Å². The van der Waals surface area contributed by atoms with Crippen LogP contribution in [0.4, 0.5) is 0 Å². The van der Waals surface area contributed by atoms with Crippen LogP contribution < -0.4 is 5.73 Å². The summed E-state index contributed by atoms with van der Waals surface area (Å²) in [6, 6.07) is 0.831. The fraction of sp³-hybridized carbons (Fsp3) is 1.00. The van der Waals surface area contributed by atoms with Crippen molar-refractivity contribution in [2.75, 3.05) is 19.6 Å². The maximum atomic E-state index is 5.99. The first-order valence-corrected chi connectivity index (χ1v) is 7.90. The van der Waals surface area contributed by atoms with Gasteiger partial charge in [0, 0.05) is 12.6 Å². The van der Waals surface area contributed by atoms with Crippen molar-refractivity contribution in [3.63, 3.8) is 0 Å². The second-order valence-corrected chi connectivity index (χ2v) is 7.30. The smallest absolute Gasteiger partial charge is 0.00952 e. The molecule has 0 spiro atoms. The van der Waals surface area contributed by atoms with Crippen LogP contribution in [-0.4, -0.2) is 30.6 Å². The van der Waals surface area contributed by atoms with Crippen molar-refractivity contribution in [3.8, 4) is 0 Å². The third kappa shape index (κ3) is 5.71. The highest BCUT2D eigenvalue weighted by atomic mass is 15.2. The standard InChI is InChI=1S/C16H34N2/c1-5-8-15-9-6-7-10-18(15)13-14(12-17)11-16(2,3)4/h14-15H,5-13,17H2,1-4H3. The minimum Gasteiger partial charge on any atom is -0.330 e. The lowest BCUT2D eigenvalue weighted by atomic mass is 9.84. The van der Waals surface area contributed by atoms with Crippen LogP contribution in [-0.2, 0) is 0 Å². The zero-order chi connectivity index (χ0) is 13.6. The van der Waals surface area contributed by atoms with Crippen molar-refractivity contribution in [2.45, 2.75) is 72.3 Å². The van der Waals surface area contributed by atoms with Crippen molar-refractivity contribution < 1.29 is 0 Å². The molecule has 1 aliphatic rings. The van der Waals surface area contributed by atoms with E-state index in [0.29, 0.717) is 11.3 Å². The van der Waals surface area contributed by atoms with Crippen molar-refractivity contribution in [1.29, 1.82) is 0 Å². The zero-order valence-corrected chi connectivity index (χ0v) is 13.0. The Bertz CT molecular complexity index is 218. The van der Waals surface area contributed by atoms with Gasteiger partial charge in [-0.15, -0.1) is 0 Å². The molecule has 2 heteroatoms. The van der Waals surface area contributed by atoms with E-state index < -0.39 is 0 Å². The summed E-state index contributed by atoms with van der Waals surface area (Å²) < 4.78 is 0. The van der Waals surface area contributed by atoms with Gasteiger partial charge in [-0.2, -0.15) is 0 Å². The molecular weight excluding hydrogens is 220 g/mol. The van der Waals surface area contributed by atoms with Gasteiger partial charge in [0.1, 0.15) is 0 Å². The molecular formula is C16H34N2. The van der Waals surface area contributed by atoms with Crippen LogP contribution in [0.15, 0.2) is 0 Å². The van der Waals surface area contributed by atoms with Gasteiger partial charge >= 0.3 is 0 Å². The van der Waals surface area contributed by atoms with Crippen LogP contribution in [0.2, 0.25) is 0 Å². The van der Waals surface area contributed by atoms with E-state index in [-0.39, 0.29) is 0 Å². The first-order valence-electron chi connectivity index (χ1n) is 7.90. The summed E-state index contributed by atoms with van der Waals surface area (Å²) in [7, 11) is 0. The average molecular weight is 254 g/mol. The van der Waals surface area contributed by atoms with Crippen molar-refractivity contribution in [3.05, 3.63) is 0 Å². The first kappa shape index (κ1) is 16.0. The van der Waals surface area contributed by atoms with E-state index in [9.17, 15) is 0 Å². The lowest BCUT2D eigenvalue weighted by Crippen LogP contribution is -2.44. The molecule has 1 fully saturated rings. The van der Waals surface area contributed by atoms with E-state index in [0.717, 1.165) is 12.6 Å². The summed E-state index contributed by atoms with van der Waals surface area (Å²) in [5, 5.41) is 0. The molecule has 2 N–H and O–H groups in total. The van der Waals surface area contributed by atoms with Gasteiger partial charge in [-0.1, -0.05) is 40.5 Å². The SMILES string of the molecule is CCCC1CCCCN1CC(CN)CC(C)(C)C. The fourth-order valence-electron chi connectivity index (χ4n) is 3.38. The molecule has 1 rings (SSSR count). The van der Waals surface area contributed by atoms with E-state index >= 15 is 0 Å². The van der Waals surface area contributed by atoms with Crippen LogP contribution in [0, 0.1) is 11.3 Å². The molecule has 0 bridgehead atoms. The molecule has 0 amide bonds. The summed E-state index contributed by atoms with van der Waals surface area (Å²) in [6.45, 7) is 12.7. The molecule has 0 aromatic carbocycles. The van der Waals surface area contributed by atoms with Gasteiger partial charge in [0.25, 0.3) is 0 Å². The van der Waals surface area contributed by atoms with E-state index in [2.05, 4.69) is 32.6 Å². The van der Waals surface area contributed by atoms with Crippen LogP contribution in [0.1, 0.15) is 66.2 Å². The number of piperidine rings is 1. The average Bonchev–Trinajstić information content (AvgIpc) is 2.29. The van der Waals surface area contributed by atoms with Gasteiger partial charge in [-0.3, -0.25) is 0 Å². The van der Waals surface area contributed by atoms with Crippen molar-refractivity contribution in [1.82, 2.24) is 4.90 Å². The predicted octanol–water partition coefficient (Wildman–Crippen LogP) is 3.65. The number of hydrogen-bond donors (Lipinski definition) is 1. The number of likely N-dealkylation sites (tertiary alicyclic amines) is 1. The molecule has 0 aromatic heterocycles. The number of nitrogens with two attached hydrogens (primary N) is 1. The Morgan fingerprint density at radius 2 is 2.00 bits per heavy atom. The van der Waals surface area contributed by atoms with E-state index in [1.54, 1.807) is 0 Å². The Balaban J connectivity index is 2.50. The summed E-state index contributed by atoms with van der Waals surface area (Å²) in [6.07, 6.45) is 8.14. The Hall–Kier alpha value is -0.0800. The van der Waals surface area contributed by atoms with Crippen LogP contribution in [0.3, 0.4) is 0 Å². The summed E-state index contributed by atoms with van der Waals surface area (Å²) in [5.41, 5.74) is 6.39. The van der Waals surface area contributed by atoms with Crippen molar-refractivity contribution >= 4 is 0 Å². The summed E-state index contributed by atoms with van der Waals surface area (Å²) >= 11 is 0. The Morgan fingerprint density at radius 1 is 1.28 bits per heavy atom. The second-order valence-electron chi connectivity index (χ2n) is 7.30. The molecule has 2 unspecified atom stereocenters. The van der Waals surface area contributed by atoms with Gasteiger partial charge in [-0.25, -0.2) is 0 Å². The molecule has 1 saturated heterocycles. The topological polar surface area (TPSA) is 29.3 Å². The van der Waals surface area contributed by atoms with Gasteiger partial charge in [0.2, 0.25) is 0 Å². The van der Waals surface area contributed by atoms with Crippen LogP contribution >= 0.6 is 0 Å². The molecule has 0 aliphatic carbocycles.